The van der Waals surface area contributed by atoms with Crippen LogP contribution in [-0.2, 0) is 11.2 Å². The molecule has 1 aromatic carbocycles. The van der Waals surface area contributed by atoms with Gasteiger partial charge in [-0.2, -0.15) is 5.26 Å². The van der Waals surface area contributed by atoms with E-state index >= 15 is 0 Å². The van der Waals surface area contributed by atoms with Crippen LogP contribution in [-0.4, -0.2) is 18.0 Å². The number of carbonyl (C=O) groups is 1. The number of carbonyl (C=O) groups excluding carboxylic acids is 1. The van der Waals surface area contributed by atoms with Gasteiger partial charge in [0, 0.05) is 17.0 Å². The Morgan fingerprint density at radius 2 is 2.05 bits per heavy atom. The van der Waals surface area contributed by atoms with E-state index in [4.69, 9.17) is 10.00 Å². The lowest BCUT2D eigenvalue weighted by Crippen LogP contribution is -2.30. The van der Waals surface area contributed by atoms with E-state index in [-0.39, 0.29) is 30.3 Å². The Bertz CT molecular complexity index is 566. The van der Waals surface area contributed by atoms with Crippen LogP contribution >= 0.6 is 0 Å². The number of fused-ring (bicyclic) bond motifs is 2. The summed E-state index contributed by atoms with van der Waals surface area (Å²) in [5, 5.41) is 8.59. The normalized spacial score (nSPS) is 28.1. The van der Waals surface area contributed by atoms with Crippen molar-refractivity contribution in [3.05, 3.63) is 35.1 Å². The fraction of sp³-hybridized carbons (Fsp3) is 0.500. The zero-order chi connectivity index (χ0) is 14.1. The first kappa shape index (κ1) is 13.3. The highest BCUT2D eigenvalue weighted by Gasteiger charge is 2.38. The highest BCUT2D eigenvalue weighted by molar-refractivity contribution is 5.98. The molecule has 2 bridgehead atoms. The zero-order valence-electron chi connectivity index (χ0n) is 11.1. The van der Waals surface area contributed by atoms with Gasteiger partial charge in [0.05, 0.1) is 24.7 Å². The van der Waals surface area contributed by atoms with Crippen LogP contribution in [0.15, 0.2) is 18.2 Å². The average Bonchev–Trinajstić information content (AvgIpc) is 2.79. The summed E-state index contributed by atoms with van der Waals surface area (Å²) in [5.41, 5.74) is 0.756. The van der Waals surface area contributed by atoms with Gasteiger partial charge in [-0.1, -0.05) is 12.1 Å². The fourth-order valence-corrected chi connectivity index (χ4v) is 3.24. The van der Waals surface area contributed by atoms with E-state index in [1.54, 1.807) is 12.1 Å². The maximum Gasteiger partial charge on any atom is 0.166 e. The van der Waals surface area contributed by atoms with E-state index < -0.39 is 5.82 Å². The minimum atomic E-state index is -0.465. The van der Waals surface area contributed by atoms with Crippen molar-refractivity contribution < 1.29 is 13.9 Å². The van der Waals surface area contributed by atoms with Crippen molar-refractivity contribution in [3.8, 4) is 6.07 Å². The molecule has 0 radical (unpaired) electrons. The number of hydrogen-bond acceptors (Lipinski definition) is 3. The molecule has 1 aromatic rings. The molecule has 2 heterocycles. The minimum Gasteiger partial charge on any atom is -0.375 e. The Hall–Kier alpha value is -1.73. The number of nitriles is 1. The van der Waals surface area contributed by atoms with E-state index in [1.807, 2.05) is 6.07 Å². The molecule has 0 N–H and O–H groups in total. The molecule has 2 aliphatic heterocycles. The van der Waals surface area contributed by atoms with Crippen LogP contribution in [0.25, 0.3) is 0 Å². The lowest BCUT2D eigenvalue weighted by Gasteiger charge is -2.27. The first-order chi connectivity index (χ1) is 9.67. The highest BCUT2D eigenvalue weighted by Crippen LogP contribution is 2.37. The van der Waals surface area contributed by atoms with Crippen LogP contribution in [0.3, 0.4) is 0 Å². The summed E-state index contributed by atoms with van der Waals surface area (Å²) in [4.78, 5) is 12.5. The van der Waals surface area contributed by atoms with Gasteiger partial charge in [0.15, 0.2) is 5.78 Å². The number of hydrogen-bond donors (Lipinski definition) is 0. The molecule has 2 fully saturated rings. The van der Waals surface area contributed by atoms with Crippen molar-refractivity contribution in [2.75, 3.05) is 0 Å². The summed E-state index contributed by atoms with van der Waals surface area (Å²) in [7, 11) is 0. The topological polar surface area (TPSA) is 50.1 Å². The second kappa shape index (κ2) is 5.34. The quantitative estimate of drug-likeness (QED) is 0.795. The molecule has 2 saturated heterocycles. The van der Waals surface area contributed by atoms with Gasteiger partial charge in [0.1, 0.15) is 5.82 Å². The lowest BCUT2D eigenvalue weighted by molar-refractivity contribution is -0.0149. The van der Waals surface area contributed by atoms with Crippen LogP contribution in [0.2, 0.25) is 0 Å². The van der Waals surface area contributed by atoms with Crippen LogP contribution in [0.4, 0.5) is 4.39 Å². The van der Waals surface area contributed by atoms with Crippen molar-refractivity contribution in [2.24, 2.45) is 5.92 Å². The number of ether oxygens (including phenoxy) is 1. The van der Waals surface area contributed by atoms with E-state index in [2.05, 4.69) is 0 Å². The average molecular weight is 273 g/mol. The summed E-state index contributed by atoms with van der Waals surface area (Å²) >= 11 is 0. The first-order valence-electron chi connectivity index (χ1n) is 7.02. The Labute approximate surface area is 117 Å². The second-order valence-electron chi connectivity index (χ2n) is 5.63. The monoisotopic (exact) mass is 273 g/mol. The maximum atomic E-state index is 13.8. The lowest BCUT2D eigenvalue weighted by atomic mass is 9.87. The Morgan fingerprint density at radius 1 is 1.35 bits per heavy atom. The zero-order valence-corrected chi connectivity index (χ0v) is 11.1. The van der Waals surface area contributed by atoms with Gasteiger partial charge in [-0.3, -0.25) is 4.79 Å². The third-order valence-corrected chi connectivity index (χ3v) is 4.27. The van der Waals surface area contributed by atoms with Crippen molar-refractivity contribution in [2.45, 2.75) is 44.3 Å². The van der Waals surface area contributed by atoms with E-state index in [1.165, 1.54) is 6.07 Å². The van der Waals surface area contributed by atoms with Gasteiger partial charge in [0.2, 0.25) is 0 Å². The molecule has 2 unspecified atom stereocenters. The van der Waals surface area contributed by atoms with Gasteiger partial charge in [-0.15, -0.1) is 0 Å². The molecule has 0 aromatic heterocycles. The molecule has 0 aliphatic carbocycles. The first-order valence-corrected chi connectivity index (χ1v) is 7.02. The summed E-state index contributed by atoms with van der Waals surface area (Å²) in [6, 6.07) is 6.36. The molecule has 0 amide bonds. The SMILES string of the molecule is N#CCc1ccc(C(=O)C2CC3CCC(C2)O3)cc1F. The highest BCUT2D eigenvalue weighted by atomic mass is 19.1. The third-order valence-electron chi connectivity index (χ3n) is 4.27. The number of Topliss-reactive ketones (excluding diaryl/α,β-unsaturated/α-hetero) is 1. The van der Waals surface area contributed by atoms with Gasteiger partial charge in [0.25, 0.3) is 0 Å². The molecule has 4 heteroatoms. The largest absolute Gasteiger partial charge is 0.375 e. The molecule has 2 aliphatic rings. The smallest absolute Gasteiger partial charge is 0.166 e. The summed E-state index contributed by atoms with van der Waals surface area (Å²) < 4.78 is 19.5. The number of rotatable bonds is 3. The summed E-state index contributed by atoms with van der Waals surface area (Å²) in [6.45, 7) is 0. The van der Waals surface area contributed by atoms with Crippen LogP contribution < -0.4 is 0 Å². The maximum absolute atomic E-state index is 13.8. The molecule has 2 atom stereocenters. The second-order valence-corrected chi connectivity index (χ2v) is 5.63. The molecule has 3 rings (SSSR count). The number of benzene rings is 1. The van der Waals surface area contributed by atoms with Crippen LogP contribution in [0, 0.1) is 23.1 Å². The van der Waals surface area contributed by atoms with Crippen LogP contribution in [0.5, 0.6) is 0 Å². The van der Waals surface area contributed by atoms with Gasteiger partial charge < -0.3 is 4.74 Å². The molecular formula is C16H16FNO2. The number of ketones is 1. The Kier molecular flexibility index (Phi) is 3.54. The fourth-order valence-electron chi connectivity index (χ4n) is 3.24. The standard InChI is InChI=1S/C16H16FNO2/c17-15-9-11(2-1-10(15)5-6-18)16(19)12-7-13-3-4-14(8-12)20-13/h1-2,9,12-14H,3-5,7-8H2. The molecule has 104 valence electrons. The summed E-state index contributed by atoms with van der Waals surface area (Å²) in [6.07, 6.45) is 3.99. The number of nitrogens with zero attached hydrogens (tertiary/aromatic N) is 1. The van der Waals surface area contributed by atoms with Gasteiger partial charge in [-0.05, 0) is 31.7 Å². The van der Waals surface area contributed by atoms with E-state index in [9.17, 15) is 9.18 Å². The molecule has 0 saturated carbocycles. The molecule has 3 nitrogen and oxygen atoms in total. The van der Waals surface area contributed by atoms with Crippen molar-refractivity contribution in [1.29, 1.82) is 5.26 Å². The predicted molar refractivity (Wildman–Crippen MR) is 70.7 cm³/mol. The molecule has 0 spiro atoms. The van der Waals surface area contributed by atoms with Gasteiger partial charge >= 0.3 is 0 Å². The van der Waals surface area contributed by atoms with Crippen molar-refractivity contribution in [1.82, 2.24) is 0 Å². The minimum absolute atomic E-state index is 0.00704. The molecular weight excluding hydrogens is 257 g/mol. The van der Waals surface area contributed by atoms with Crippen molar-refractivity contribution in [3.63, 3.8) is 0 Å². The predicted octanol–water partition coefficient (Wildman–Crippen LogP) is 3.03. The Morgan fingerprint density at radius 3 is 2.65 bits per heavy atom. The van der Waals surface area contributed by atoms with E-state index in [0.29, 0.717) is 11.1 Å². The van der Waals surface area contributed by atoms with Crippen molar-refractivity contribution >= 4 is 5.78 Å². The Balaban J connectivity index is 1.77. The third kappa shape index (κ3) is 2.46. The van der Waals surface area contributed by atoms with E-state index in [0.717, 1.165) is 25.7 Å². The van der Waals surface area contributed by atoms with Crippen LogP contribution in [0.1, 0.15) is 41.6 Å². The molecule has 20 heavy (non-hydrogen) atoms. The number of halogens is 1. The van der Waals surface area contributed by atoms with Gasteiger partial charge in [-0.25, -0.2) is 4.39 Å². The summed E-state index contributed by atoms with van der Waals surface area (Å²) in [5.74, 6) is -0.512.